The standard InChI is InChI=1S/C30H39N4O11/c1-18(25(36)31-17-24(35)42-21-14-10-20(11-15-21)34(40)41)32-26(37)23(33-27(38)44-29(2,3)4)16-19-8-12-22(13-9-19)43-28(39)45-30(5,6)7/h8-15,18,23,40H,16-17H2,1-7H3,(H,31,36)(H,32,37)(H,33,38)/q-1. The average molecular weight is 632 g/mol. The zero-order chi connectivity index (χ0) is 33.9. The fraction of sp³-hybridized carbons (Fsp3) is 0.433. The zero-order valence-electron chi connectivity index (χ0n) is 26.2. The number of benzene rings is 2. The predicted molar refractivity (Wildman–Crippen MR) is 160 cm³/mol. The highest BCUT2D eigenvalue weighted by Gasteiger charge is 2.27. The quantitative estimate of drug-likeness (QED) is 0.122. The van der Waals surface area contributed by atoms with Crippen molar-refractivity contribution in [2.75, 3.05) is 11.8 Å². The molecule has 0 aliphatic carbocycles. The van der Waals surface area contributed by atoms with Gasteiger partial charge in [0.2, 0.25) is 11.8 Å². The number of anilines is 1. The third-order valence-electron chi connectivity index (χ3n) is 5.41. The molecule has 2 unspecified atom stereocenters. The highest BCUT2D eigenvalue weighted by atomic mass is 16.8. The van der Waals surface area contributed by atoms with E-state index in [1.165, 1.54) is 43.3 Å². The SMILES string of the molecule is CC(NC(=O)C(Cc1ccc(OC(=O)OC(C)(C)C)cc1)NC(=O)OC(C)(C)C)C(=O)NCC(=O)Oc1ccc(N([O-])O)cc1. The monoisotopic (exact) mass is 631 g/mol. The van der Waals surface area contributed by atoms with Crippen LogP contribution in [0.2, 0.25) is 0 Å². The first-order valence-electron chi connectivity index (χ1n) is 13.9. The normalized spacial score (nSPS) is 12.6. The molecular weight excluding hydrogens is 592 g/mol. The highest BCUT2D eigenvalue weighted by Crippen LogP contribution is 2.18. The van der Waals surface area contributed by atoms with Gasteiger partial charge in [0, 0.05) is 6.42 Å². The second-order valence-electron chi connectivity index (χ2n) is 11.8. The maximum Gasteiger partial charge on any atom is 0.514 e. The number of hydrogen-bond acceptors (Lipinski definition) is 12. The smallest absolute Gasteiger partial charge is 0.514 e. The number of rotatable bonds is 11. The van der Waals surface area contributed by atoms with Crippen molar-refractivity contribution in [1.82, 2.24) is 16.0 Å². The molecule has 0 bridgehead atoms. The first kappa shape index (κ1) is 36.3. The largest absolute Gasteiger partial charge is 0.733 e. The van der Waals surface area contributed by atoms with E-state index in [1.54, 1.807) is 53.7 Å². The number of nitrogens with zero attached hydrogens (tertiary/aromatic N) is 1. The molecule has 15 heteroatoms. The van der Waals surface area contributed by atoms with Crippen LogP contribution in [0.5, 0.6) is 11.5 Å². The number of amides is 3. The highest BCUT2D eigenvalue weighted by molar-refractivity contribution is 5.92. The molecule has 0 heterocycles. The Kier molecular flexibility index (Phi) is 12.7. The number of ether oxygens (including phenoxy) is 4. The number of carbonyl (C=O) groups excluding carboxylic acids is 5. The lowest BCUT2D eigenvalue weighted by molar-refractivity contribution is -0.136. The molecule has 4 N–H and O–H groups in total. The lowest BCUT2D eigenvalue weighted by Crippen LogP contribution is -2.54. The Bertz CT molecular complexity index is 1330. The van der Waals surface area contributed by atoms with Gasteiger partial charge in [0.05, 0.1) is 5.69 Å². The average Bonchev–Trinajstić information content (AvgIpc) is 2.90. The molecule has 15 nitrogen and oxygen atoms in total. The number of hydrogen-bond donors (Lipinski definition) is 4. The third-order valence-corrected chi connectivity index (χ3v) is 5.41. The van der Waals surface area contributed by atoms with E-state index in [9.17, 15) is 29.2 Å². The topological polar surface area (TPSA) is 205 Å². The van der Waals surface area contributed by atoms with Crippen molar-refractivity contribution >= 4 is 35.7 Å². The molecule has 0 aliphatic rings. The van der Waals surface area contributed by atoms with Crippen molar-refractivity contribution in [2.24, 2.45) is 0 Å². The minimum atomic E-state index is -1.18. The van der Waals surface area contributed by atoms with Crippen LogP contribution in [0.4, 0.5) is 15.3 Å². The summed E-state index contributed by atoms with van der Waals surface area (Å²) in [5.74, 6) is -1.98. The summed E-state index contributed by atoms with van der Waals surface area (Å²) in [4.78, 5) is 62.3. The Morgan fingerprint density at radius 1 is 0.800 bits per heavy atom. The second-order valence-corrected chi connectivity index (χ2v) is 11.8. The van der Waals surface area contributed by atoms with Crippen LogP contribution in [0.15, 0.2) is 48.5 Å². The minimum absolute atomic E-state index is 0.0162. The van der Waals surface area contributed by atoms with Crippen molar-refractivity contribution in [1.29, 1.82) is 0 Å². The van der Waals surface area contributed by atoms with Gasteiger partial charge in [-0.1, -0.05) is 12.1 Å². The minimum Gasteiger partial charge on any atom is -0.733 e. The molecule has 0 fully saturated rings. The van der Waals surface area contributed by atoms with Crippen molar-refractivity contribution < 1.29 is 48.1 Å². The molecule has 0 saturated carbocycles. The Morgan fingerprint density at radius 3 is 1.87 bits per heavy atom. The van der Waals surface area contributed by atoms with E-state index < -0.39 is 59.9 Å². The summed E-state index contributed by atoms with van der Waals surface area (Å²) in [6.45, 7) is 10.9. The first-order valence-corrected chi connectivity index (χ1v) is 13.9. The fourth-order valence-corrected chi connectivity index (χ4v) is 3.46. The number of alkyl carbamates (subject to hydrolysis) is 1. The van der Waals surface area contributed by atoms with Crippen LogP contribution in [0.3, 0.4) is 0 Å². The van der Waals surface area contributed by atoms with Crippen LogP contribution in [-0.2, 0) is 30.3 Å². The second kappa shape index (κ2) is 15.7. The Morgan fingerprint density at radius 2 is 1.33 bits per heavy atom. The Hall–Kier alpha value is -4.89. The summed E-state index contributed by atoms with van der Waals surface area (Å²) in [7, 11) is 0. The van der Waals surface area contributed by atoms with Gasteiger partial charge in [-0.3, -0.25) is 14.8 Å². The van der Waals surface area contributed by atoms with Crippen LogP contribution in [0, 0.1) is 5.21 Å². The number of nitrogens with one attached hydrogen (secondary N) is 3. The molecule has 0 aliphatic heterocycles. The zero-order valence-corrected chi connectivity index (χ0v) is 26.2. The molecule has 246 valence electrons. The molecule has 0 aromatic heterocycles. The lowest BCUT2D eigenvalue weighted by Gasteiger charge is -2.24. The van der Waals surface area contributed by atoms with Gasteiger partial charge in [-0.2, -0.15) is 0 Å². The van der Waals surface area contributed by atoms with Gasteiger partial charge < -0.3 is 45.3 Å². The predicted octanol–water partition coefficient (Wildman–Crippen LogP) is 3.36. The van der Waals surface area contributed by atoms with E-state index in [0.29, 0.717) is 5.56 Å². The van der Waals surface area contributed by atoms with Gasteiger partial charge in [0.25, 0.3) is 0 Å². The molecule has 45 heavy (non-hydrogen) atoms. The van der Waals surface area contributed by atoms with Gasteiger partial charge in [-0.05, 0) is 90.4 Å². The van der Waals surface area contributed by atoms with Crippen molar-refractivity contribution in [3.63, 3.8) is 0 Å². The molecule has 2 aromatic rings. The summed E-state index contributed by atoms with van der Waals surface area (Å²) < 4.78 is 20.6. The van der Waals surface area contributed by atoms with E-state index >= 15 is 0 Å². The van der Waals surface area contributed by atoms with Crippen LogP contribution in [-0.4, -0.2) is 65.1 Å². The molecule has 0 radical (unpaired) electrons. The van der Waals surface area contributed by atoms with E-state index in [0.717, 1.165) is 0 Å². The van der Waals surface area contributed by atoms with Gasteiger partial charge in [-0.15, -0.1) is 0 Å². The van der Waals surface area contributed by atoms with Gasteiger partial charge in [0.1, 0.15) is 41.3 Å². The molecular formula is C30H39N4O11-. The van der Waals surface area contributed by atoms with Crippen molar-refractivity contribution in [3.05, 3.63) is 59.3 Å². The van der Waals surface area contributed by atoms with E-state index in [-0.39, 0.29) is 28.8 Å². The summed E-state index contributed by atoms with van der Waals surface area (Å²) in [6.07, 6.45) is -1.76. The molecule has 3 amide bonds. The van der Waals surface area contributed by atoms with Gasteiger partial charge in [0.15, 0.2) is 0 Å². The maximum absolute atomic E-state index is 13.2. The lowest BCUT2D eigenvalue weighted by atomic mass is 10.0. The molecule has 0 spiro atoms. The van der Waals surface area contributed by atoms with Crippen molar-refractivity contribution in [2.45, 2.75) is 78.2 Å². The summed E-state index contributed by atoms with van der Waals surface area (Å²) in [5, 5.41) is 26.7. The van der Waals surface area contributed by atoms with Crippen LogP contribution >= 0.6 is 0 Å². The van der Waals surface area contributed by atoms with E-state index in [2.05, 4.69) is 16.0 Å². The van der Waals surface area contributed by atoms with Gasteiger partial charge in [-0.25, -0.2) is 14.4 Å². The number of esters is 1. The number of carbonyl (C=O) groups is 5. The van der Waals surface area contributed by atoms with Crippen LogP contribution in [0.25, 0.3) is 0 Å². The summed E-state index contributed by atoms with van der Waals surface area (Å²) in [6, 6.07) is 8.87. The Balaban J connectivity index is 2.01. The summed E-state index contributed by atoms with van der Waals surface area (Å²) in [5.41, 5.74) is -1.07. The van der Waals surface area contributed by atoms with Gasteiger partial charge >= 0.3 is 18.2 Å². The van der Waals surface area contributed by atoms with E-state index in [4.69, 9.17) is 24.2 Å². The van der Waals surface area contributed by atoms with Crippen molar-refractivity contribution in [3.8, 4) is 11.5 Å². The summed E-state index contributed by atoms with van der Waals surface area (Å²) >= 11 is 0. The fourth-order valence-electron chi connectivity index (χ4n) is 3.46. The maximum atomic E-state index is 13.2. The third kappa shape index (κ3) is 14.0. The molecule has 2 rings (SSSR count). The molecule has 0 saturated heterocycles. The van der Waals surface area contributed by atoms with Crippen LogP contribution < -0.4 is 30.7 Å². The van der Waals surface area contributed by atoms with Crippen LogP contribution in [0.1, 0.15) is 54.0 Å². The molecule has 2 atom stereocenters. The first-order chi connectivity index (χ1) is 20.8. The molecule has 2 aromatic carbocycles. The Labute approximate surface area is 260 Å². The van der Waals surface area contributed by atoms with E-state index in [1.807, 2.05) is 0 Å².